The lowest BCUT2D eigenvalue weighted by atomic mass is 10.1. The molecule has 0 unspecified atom stereocenters. The smallest absolute Gasteiger partial charge is 0.387 e. The first-order valence-corrected chi connectivity index (χ1v) is 6.39. The molecule has 0 spiro atoms. The van der Waals surface area contributed by atoms with Crippen molar-refractivity contribution in [2.24, 2.45) is 0 Å². The molecule has 1 amide bonds. The maximum Gasteiger partial charge on any atom is 0.387 e. The Labute approximate surface area is 121 Å². The fourth-order valence-corrected chi connectivity index (χ4v) is 1.85. The van der Waals surface area contributed by atoms with E-state index in [1.54, 1.807) is 0 Å². The number of carbonyl (C=O) groups is 1. The summed E-state index contributed by atoms with van der Waals surface area (Å²) in [5.41, 5.74) is 3.09. The molecule has 5 heteroatoms. The van der Waals surface area contributed by atoms with Crippen molar-refractivity contribution in [3.8, 4) is 5.75 Å². The minimum Gasteiger partial charge on any atom is -0.435 e. The summed E-state index contributed by atoms with van der Waals surface area (Å²) in [5.74, 6) is -0.277. The second-order valence-corrected chi connectivity index (χ2v) is 4.68. The van der Waals surface area contributed by atoms with Gasteiger partial charge in [-0.3, -0.25) is 4.79 Å². The molecular formula is C16H15F2NO2. The van der Waals surface area contributed by atoms with E-state index in [1.807, 2.05) is 32.0 Å². The van der Waals surface area contributed by atoms with Crippen LogP contribution in [0.4, 0.5) is 14.5 Å². The minimum atomic E-state index is -2.88. The van der Waals surface area contributed by atoms with Gasteiger partial charge in [0.15, 0.2) is 0 Å². The summed E-state index contributed by atoms with van der Waals surface area (Å²) in [4.78, 5) is 12.1. The van der Waals surface area contributed by atoms with Crippen LogP contribution in [-0.4, -0.2) is 12.5 Å². The van der Waals surface area contributed by atoms with Crippen molar-refractivity contribution in [1.82, 2.24) is 0 Å². The highest BCUT2D eigenvalue weighted by atomic mass is 19.3. The Bertz CT molecular complexity index is 639. The molecular weight excluding hydrogens is 276 g/mol. The van der Waals surface area contributed by atoms with Gasteiger partial charge in [0.1, 0.15) is 5.75 Å². The topological polar surface area (TPSA) is 38.3 Å². The van der Waals surface area contributed by atoms with Crippen LogP contribution in [0.25, 0.3) is 0 Å². The zero-order chi connectivity index (χ0) is 15.4. The average Bonchev–Trinajstić information content (AvgIpc) is 2.43. The van der Waals surface area contributed by atoms with Gasteiger partial charge in [0.25, 0.3) is 5.91 Å². The number of anilines is 1. The Hall–Kier alpha value is -2.43. The van der Waals surface area contributed by atoms with Gasteiger partial charge >= 0.3 is 6.61 Å². The summed E-state index contributed by atoms with van der Waals surface area (Å²) in [6.45, 7) is 0.958. The summed E-state index contributed by atoms with van der Waals surface area (Å²) in [5, 5.41) is 2.80. The van der Waals surface area contributed by atoms with Crippen molar-refractivity contribution >= 4 is 11.6 Å². The molecule has 0 saturated heterocycles. The molecule has 0 aromatic heterocycles. The van der Waals surface area contributed by atoms with Crippen LogP contribution in [0.15, 0.2) is 42.5 Å². The number of hydrogen-bond acceptors (Lipinski definition) is 2. The normalized spacial score (nSPS) is 10.5. The van der Waals surface area contributed by atoms with E-state index in [0.717, 1.165) is 16.8 Å². The Morgan fingerprint density at radius 3 is 2.38 bits per heavy atom. The van der Waals surface area contributed by atoms with Crippen molar-refractivity contribution in [2.75, 3.05) is 5.32 Å². The van der Waals surface area contributed by atoms with Crippen LogP contribution in [0.5, 0.6) is 5.75 Å². The molecule has 1 N–H and O–H groups in total. The molecule has 0 aliphatic heterocycles. The number of amides is 1. The third kappa shape index (κ3) is 4.02. The van der Waals surface area contributed by atoms with Gasteiger partial charge in [0.2, 0.25) is 0 Å². The first kappa shape index (κ1) is 15.0. The SMILES string of the molecule is Cc1ccc(C)c(NC(=O)c2ccc(OC(F)F)cc2)c1. The van der Waals surface area contributed by atoms with Gasteiger partial charge in [-0.2, -0.15) is 8.78 Å². The zero-order valence-electron chi connectivity index (χ0n) is 11.7. The molecule has 3 nitrogen and oxygen atoms in total. The third-order valence-corrected chi connectivity index (χ3v) is 2.98. The lowest BCUT2D eigenvalue weighted by Gasteiger charge is -2.10. The summed E-state index contributed by atoms with van der Waals surface area (Å²) >= 11 is 0. The van der Waals surface area contributed by atoms with Crippen LogP contribution in [-0.2, 0) is 0 Å². The van der Waals surface area contributed by atoms with Gasteiger partial charge in [-0.15, -0.1) is 0 Å². The van der Waals surface area contributed by atoms with Crippen LogP contribution in [0.3, 0.4) is 0 Å². The fourth-order valence-electron chi connectivity index (χ4n) is 1.85. The van der Waals surface area contributed by atoms with Gasteiger partial charge in [-0.1, -0.05) is 12.1 Å². The lowest BCUT2D eigenvalue weighted by molar-refractivity contribution is -0.0498. The number of benzene rings is 2. The fraction of sp³-hybridized carbons (Fsp3) is 0.188. The molecule has 2 aromatic rings. The monoisotopic (exact) mass is 291 g/mol. The minimum absolute atomic E-state index is 0.0216. The first-order chi connectivity index (χ1) is 9.95. The number of alkyl halides is 2. The average molecular weight is 291 g/mol. The van der Waals surface area contributed by atoms with Gasteiger partial charge in [0.05, 0.1) is 0 Å². The summed E-state index contributed by atoms with van der Waals surface area (Å²) in [6.07, 6.45) is 0. The number of rotatable bonds is 4. The number of carbonyl (C=O) groups excluding carboxylic acids is 1. The van der Waals surface area contributed by atoms with E-state index in [4.69, 9.17) is 0 Å². The number of nitrogens with one attached hydrogen (secondary N) is 1. The maximum absolute atomic E-state index is 12.1. The van der Waals surface area contributed by atoms with E-state index >= 15 is 0 Å². The van der Waals surface area contributed by atoms with Crippen molar-refractivity contribution < 1.29 is 18.3 Å². The second-order valence-electron chi connectivity index (χ2n) is 4.68. The van der Waals surface area contributed by atoms with Crippen molar-refractivity contribution in [3.63, 3.8) is 0 Å². The number of ether oxygens (including phenoxy) is 1. The number of hydrogen-bond donors (Lipinski definition) is 1. The Morgan fingerprint density at radius 1 is 1.10 bits per heavy atom. The molecule has 0 aliphatic rings. The van der Waals surface area contributed by atoms with Gasteiger partial charge in [0, 0.05) is 11.3 Å². The quantitative estimate of drug-likeness (QED) is 0.918. The second kappa shape index (κ2) is 6.35. The molecule has 0 radical (unpaired) electrons. The summed E-state index contributed by atoms with van der Waals surface area (Å²) < 4.78 is 28.3. The number of aryl methyl sites for hydroxylation is 2. The maximum atomic E-state index is 12.1. The Balaban J connectivity index is 2.11. The highest BCUT2D eigenvalue weighted by molar-refractivity contribution is 6.04. The highest BCUT2D eigenvalue weighted by Gasteiger charge is 2.09. The van der Waals surface area contributed by atoms with E-state index < -0.39 is 6.61 Å². The molecule has 0 heterocycles. The largest absolute Gasteiger partial charge is 0.435 e. The predicted molar refractivity (Wildman–Crippen MR) is 76.9 cm³/mol. The van der Waals surface area contributed by atoms with Crippen molar-refractivity contribution in [1.29, 1.82) is 0 Å². The van der Waals surface area contributed by atoms with E-state index in [1.165, 1.54) is 24.3 Å². The summed E-state index contributed by atoms with van der Waals surface area (Å²) in [7, 11) is 0. The third-order valence-electron chi connectivity index (χ3n) is 2.98. The molecule has 0 saturated carbocycles. The highest BCUT2D eigenvalue weighted by Crippen LogP contribution is 2.19. The van der Waals surface area contributed by atoms with Gasteiger partial charge < -0.3 is 10.1 Å². The zero-order valence-corrected chi connectivity index (χ0v) is 11.7. The predicted octanol–water partition coefficient (Wildman–Crippen LogP) is 4.16. The molecule has 0 bridgehead atoms. The lowest BCUT2D eigenvalue weighted by Crippen LogP contribution is -2.13. The van der Waals surface area contributed by atoms with Gasteiger partial charge in [-0.25, -0.2) is 0 Å². The summed E-state index contributed by atoms with van der Waals surface area (Å²) in [6, 6.07) is 11.3. The Kier molecular flexibility index (Phi) is 4.52. The molecule has 21 heavy (non-hydrogen) atoms. The Morgan fingerprint density at radius 2 is 1.76 bits per heavy atom. The van der Waals surface area contributed by atoms with E-state index in [-0.39, 0.29) is 11.7 Å². The molecule has 2 aromatic carbocycles. The molecule has 0 atom stereocenters. The standard InChI is InChI=1S/C16H15F2NO2/c1-10-3-4-11(2)14(9-10)19-15(20)12-5-7-13(8-6-12)21-16(17)18/h3-9,16H,1-2H3,(H,19,20). The van der Waals surface area contributed by atoms with Gasteiger partial charge in [-0.05, 0) is 55.3 Å². The van der Waals surface area contributed by atoms with E-state index in [9.17, 15) is 13.6 Å². The van der Waals surface area contributed by atoms with Crippen LogP contribution in [0.2, 0.25) is 0 Å². The molecule has 2 rings (SSSR count). The van der Waals surface area contributed by atoms with E-state index in [0.29, 0.717) is 5.56 Å². The number of halogens is 2. The van der Waals surface area contributed by atoms with Crippen LogP contribution in [0, 0.1) is 13.8 Å². The molecule has 110 valence electrons. The van der Waals surface area contributed by atoms with Crippen LogP contribution in [0.1, 0.15) is 21.5 Å². The first-order valence-electron chi connectivity index (χ1n) is 6.39. The van der Waals surface area contributed by atoms with Crippen LogP contribution >= 0.6 is 0 Å². The van der Waals surface area contributed by atoms with Crippen LogP contribution < -0.4 is 10.1 Å². The molecule has 0 aliphatic carbocycles. The molecule has 0 fully saturated rings. The van der Waals surface area contributed by atoms with E-state index in [2.05, 4.69) is 10.1 Å². The van der Waals surface area contributed by atoms with Crippen molar-refractivity contribution in [2.45, 2.75) is 20.5 Å². The van der Waals surface area contributed by atoms with Crippen molar-refractivity contribution in [3.05, 3.63) is 59.2 Å².